The predicted octanol–water partition coefficient (Wildman–Crippen LogP) is 0.132. The molecule has 0 aromatic rings. The fourth-order valence-electron chi connectivity index (χ4n) is 1.24. The van der Waals surface area contributed by atoms with Crippen molar-refractivity contribution in [2.75, 3.05) is 6.54 Å². The van der Waals surface area contributed by atoms with E-state index in [4.69, 9.17) is 11.5 Å². The van der Waals surface area contributed by atoms with Crippen LogP contribution in [0, 0.1) is 0 Å². The first-order chi connectivity index (χ1) is 6.06. The zero-order valence-electron chi connectivity index (χ0n) is 8.25. The highest BCUT2D eigenvalue weighted by atomic mass is 16.3. The molecule has 0 unspecified atom stereocenters. The van der Waals surface area contributed by atoms with Crippen molar-refractivity contribution >= 4 is 5.91 Å². The highest BCUT2D eigenvalue weighted by Gasteiger charge is 2.31. The molecule has 4 nitrogen and oxygen atoms in total. The van der Waals surface area contributed by atoms with Crippen molar-refractivity contribution in [1.82, 2.24) is 0 Å². The van der Waals surface area contributed by atoms with Crippen LogP contribution in [0.2, 0.25) is 0 Å². The maximum Gasteiger partial charge on any atom is 0.249 e. The normalized spacial score (nSPS) is 15.3. The molecule has 0 aliphatic carbocycles. The molecule has 13 heavy (non-hydrogen) atoms. The molecule has 0 rings (SSSR count). The second kappa shape index (κ2) is 5.94. The molecule has 0 saturated heterocycles. The van der Waals surface area contributed by atoms with Crippen LogP contribution in [0.4, 0.5) is 0 Å². The monoisotopic (exact) mass is 188 g/mol. The van der Waals surface area contributed by atoms with Crippen molar-refractivity contribution in [2.24, 2.45) is 11.5 Å². The Morgan fingerprint density at radius 1 is 1.38 bits per heavy atom. The molecule has 78 valence electrons. The summed E-state index contributed by atoms with van der Waals surface area (Å²) in [5, 5.41) is 9.82. The second-order valence-electron chi connectivity index (χ2n) is 3.39. The number of nitrogens with two attached hydrogens (primary N) is 2. The lowest BCUT2D eigenvalue weighted by molar-refractivity contribution is -0.137. The molecule has 5 N–H and O–H groups in total. The van der Waals surface area contributed by atoms with E-state index < -0.39 is 11.5 Å². The Labute approximate surface area is 79.3 Å². The Kier molecular flexibility index (Phi) is 5.66. The highest BCUT2D eigenvalue weighted by molar-refractivity contribution is 5.83. The second-order valence-corrected chi connectivity index (χ2v) is 3.39. The van der Waals surface area contributed by atoms with Gasteiger partial charge in [-0.15, -0.1) is 0 Å². The van der Waals surface area contributed by atoms with Gasteiger partial charge in [0.2, 0.25) is 5.91 Å². The maximum absolute atomic E-state index is 11.0. The standard InChI is InChI=1S/C9H20N2O2/c1-2-3-5-9(13,8(11)12)6-4-7-10/h13H,2-7,10H2,1H3,(H2,11,12)/t9-/m0/s1. The van der Waals surface area contributed by atoms with Crippen molar-refractivity contribution in [3.8, 4) is 0 Å². The van der Waals surface area contributed by atoms with Crippen LogP contribution in [0.15, 0.2) is 0 Å². The number of hydrogen-bond acceptors (Lipinski definition) is 3. The van der Waals surface area contributed by atoms with E-state index >= 15 is 0 Å². The van der Waals surface area contributed by atoms with Crippen LogP contribution in [0.1, 0.15) is 39.0 Å². The summed E-state index contributed by atoms with van der Waals surface area (Å²) in [6, 6.07) is 0. The third-order valence-corrected chi connectivity index (χ3v) is 2.20. The summed E-state index contributed by atoms with van der Waals surface area (Å²) in [6.45, 7) is 2.48. The van der Waals surface area contributed by atoms with Gasteiger partial charge in [-0.1, -0.05) is 19.8 Å². The van der Waals surface area contributed by atoms with Gasteiger partial charge in [0.25, 0.3) is 0 Å². The first-order valence-electron chi connectivity index (χ1n) is 4.79. The number of hydrogen-bond donors (Lipinski definition) is 3. The molecule has 0 radical (unpaired) electrons. The number of carbonyl (C=O) groups is 1. The minimum Gasteiger partial charge on any atom is -0.380 e. The first-order valence-corrected chi connectivity index (χ1v) is 4.79. The molecule has 1 atom stereocenters. The van der Waals surface area contributed by atoms with Crippen molar-refractivity contribution in [3.05, 3.63) is 0 Å². The smallest absolute Gasteiger partial charge is 0.249 e. The zero-order valence-corrected chi connectivity index (χ0v) is 8.25. The summed E-state index contributed by atoms with van der Waals surface area (Å²) in [5.41, 5.74) is 9.09. The molecule has 0 heterocycles. The topological polar surface area (TPSA) is 89.3 Å². The van der Waals surface area contributed by atoms with E-state index in [-0.39, 0.29) is 0 Å². The van der Waals surface area contributed by atoms with Crippen LogP contribution in [0.25, 0.3) is 0 Å². The average molecular weight is 188 g/mol. The van der Waals surface area contributed by atoms with Crippen LogP contribution in [0.3, 0.4) is 0 Å². The van der Waals surface area contributed by atoms with Gasteiger partial charge in [-0.25, -0.2) is 0 Å². The Bertz CT molecular complexity index is 152. The molecule has 1 amide bonds. The van der Waals surface area contributed by atoms with Crippen LogP contribution in [0.5, 0.6) is 0 Å². The summed E-state index contributed by atoms with van der Waals surface area (Å²) in [7, 11) is 0. The fraction of sp³-hybridized carbons (Fsp3) is 0.889. The lowest BCUT2D eigenvalue weighted by Crippen LogP contribution is -2.44. The maximum atomic E-state index is 11.0. The van der Waals surface area contributed by atoms with Crippen LogP contribution in [-0.4, -0.2) is 23.2 Å². The number of amides is 1. The van der Waals surface area contributed by atoms with Gasteiger partial charge in [-0.2, -0.15) is 0 Å². The Morgan fingerprint density at radius 3 is 2.31 bits per heavy atom. The van der Waals surface area contributed by atoms with Gasteiger partial charge >= 0.3 is 0 Å². The van der Waals surface area contributed by atoms with Gasteiger partial charge in [0.15, 0.2) is 0 Å². The van der Waals surface area contributed by atoms with Crippen molar-refractivity contribution in [1.29, 1.82) is 0 Å². The number of aliphatic hydroxyl groups is 1. The van der Waals surface area contributed by atoms with E-state index in [1.54, 1.807) is 0 Å². The number of unbranched alkanes of at least 4 members (excludes halogenated alkanes) is 1. The van der Waals surface area contributed by atoms with Gasteiger partial charge in [0.1, 0.15) is 5.60 Å². The molecule has 4 heteroatoms. The highest BCUT2D eigenvalue weighted by Crippen LogP contribution is 2.19. The summed E-state index contributed by atoms with van der Waals surface area (Å²) >= 11 is 0. The largest absolute Gasteiger partial charge is 0.380 e. The summed E-state index contributed by atoms with van der Waals surface area (Å²) in [6.07, 6.45) is 3.20. The van der Waals surface area contributed by atoms with E-state index in [2.05, 4.69) is 0 Å². The molecule has 0 aliphatic rings. The van der Waals surface area contributed by atoms with E-state index in [1.807, 2.05) is 6.92 Å². The summed E-state index contributed by atoms with van der Waals surface area (Å²) in [4.78, 5) is 11.0. The Morgan fingerprint density at radius 2 is 1.92 bits per heavy atom. The molecule has 0 aromatic heterocycles. The molecular formula is C9H20N2O2. The average Bonchev–Trinajstić information content (AvgIpc) is 2.11. The van der Waals surface area contributed by atoms with Gasteiger partial charge in [-0.05, 0) is 25.8 Å². The fourth-order valence-corrected chi connectivity index (χ4v) is 1.24. The van der Waals surface area contributed by atoms with Crippen molar-refractivity contribution in [2.45, 2.75) is 44.6 Å². The van der Waals surface area contributed by atoms with Gasteiger partial charge in [0.05, 0.1) is 0 Å². The lowest BCUT2D eigenvalue weighted by Gasteiger charge is -2.23. The van der Waals surface area contributed by atoms with Crippen molar-refractivity contribution in [3.63, 3.8) is 0 Å². The third kappa shape index (κ3) is 4.24. The lowest BCUT2D eigenvalue weighted by atomic mass is 9.91. The SMILES string of the molecule is CCCC[C@](O)(CCCN)C(N)=O. The van der Waals surface area contributed by atoms with E-state index in [0.717, 1.165) is 12.8 Å². The minimum absolute atomic E-state index is 0.374. The molecule has 0 saturated carbocycles. The van der Waals surface area contributed by atoms with Crippen LogP contribution < -0.4 is 11.5 Å². The molecule has 0 bridgehead atoms. The van der Waals surface area contributed by atoms with Gasteiger partial charge in [0, 0.05) is 0 Å². The molecule has 0 aliphatic heterocycles. The molecule has 0 spiro atoms. The Hall–Kier alpha value is -0.610. The van der Waals surface area contributed by atoms with E-state index in [9.17, 15) is 9.90 Å². The molecule has 0 aromatic carbocycles. The Balaban J connectivity index is 4.08. The number of carbonyl (C=O) groups excluding carboxylic acids is 1. The summed E-state index contributed by atoms with van der Waals surface area (Å²) in [5.74, 6) is -0.630. The van der Waals surface area contributed by atoms with Gasteiger partial charge < -0.3 is 16.6 Å². The molecular weight excluding hydrogens is 168 g/mol. The number of primary amides is 1. The number of rotatable bonds is 7. The molecule has 0 fully saturated rings. The van der Waals surface area contributed by atoms with E-state index in [1.165, 1.54) is 0 Å². The first kappa shape index (κ1) is 12.4. The van der Waals surface area contributed by atoms with E-state index in [0.29, 0.717) is 25.8 Å². The third-order valence-electron chi connectivity index (χ3n) is 2.20. The summed E-state index contributed by atoms with van der Waals surface area (Å²) < 4.78 is 0. The van der Waals surface area contributed by atoms with Crippen molar-refractivity contribution < 1.29 is 9.90 Å². The van der Waals surface area contributed by atoms with Gasteiger partial charge in [-0.3, -0.25) is 4.79 Å². The quantitative estimate of drug-likeness (QED) is 0.530. The predicted molar refractivity (Wildman–Crippen MR) is 52.0 cm³/mol. The zero-order chi connectivity index (χ0) is 10.3. The van der Waals surface area contributed by atoms with Crippen LogP contribution in [-0.2, 0) is 4.79 Å². The van der Waals surface area contributed by atoms with Crippen LogP contribution >= 0.6 is 0 Å². The minimum atomic E-state index is -1.34.